The third kappa shape index (κ3) is 4.39. The molecule has 0 radical (unpaired) electrons. The molecule has 1 fully saturated rings. The molecule has 0 saturated carbocycles. The van der Waals surface area contributed by atoms with Crippen LogP contribution >= 0.6 is 0 Å². The quantitative estimate of drug-likeness (QED) is 0.552. The molecule has 190 valence electrons. The first-order valence-corrected chi connectivity index (χ1v) is 11.7. The Kier molecular flexibility index (Phi) is 6.11. The van der Waals surface area contributed by atoms with Gasteiger partial charge in [0.25, 0.3) is 0 Å². The van der Waals surface area contributed by atoms with Crippen molar-refractivity contribution in [1.82, 2.24) is 25.0 Å². The van der Waals surface area contributed by atoms with Gasteiger partial charge in [-0.2, -0.15) is 18.3 Å². The zero-order valence-corrected chi connectivity index (χ0v) is 19.8. The van der Waals surface area contributed by atoms with Crippen molar-refractivity contribution in [2.45, 2.75) is 37.0 Å². The fourth-order valence-corrected chi connectivity index (χ4v) is 5.22. The number of fused-ring (bicyclic) bond motifs is 2. The summed E-state index contributed by atoms with van der Waals surface area (Å²) in [5, 5.41) is 7.62. The smallest absolute Gasteiger partial charge is 0.383 e. The van der Waals surface area contributed by atoms with E-state index in [4.69, 9.17) is 10.5 Å². The van der Waals surface area contributed by atoms with Crippen LogP contribution in [-0.4, -0.2) is 52.5 Å². The van der Waals surface area contributed by atoms with Crippen LogP contribution in [0, 0.1) is 0 Å². The molecule has 0 bridgehead atoms. The van der Waals surface area contributed by atoms with Gasteiger partial charge in [0.2, 0.25) is 0 Å². The van der Waals surface area contributed by atoms with Gasteiger partial charge in [-0.15, -0.1) is 0 Å². The molecule has 1 unspecified atom stereocenters. The van der Waals surface area contributed by atoms with Gasteiger partial charge >= 0.3 is 12.2 Å². The molecule has 11 heteroatoms. The summed E-state index contributed by atoms with van der Waals surface area (Å²) >= 11 is 0. The molecule has 2 aliphatic heterocycles. The lowest BCUT2D eigenvalue weighted by molar-refractivity contribution is -0.137. The van der Waals surface area contributed by atoms with Crippen LogP contribution < -0.4 is 11.1 Å². The topological polar surface area (TPSA) is 98.3 Å². The number of amides is 2. The van der Waals surface area contributed by atoms with Crippen molar-refractivity contribution < 1.29 is 22.7 Å². The first-order valence-electron chi connectivity index (χ1n) is 11.7. The minimum Gasteiger partial charge on any atom is -0.383 e. The summed E-state index contributed by atoms with van der Waals surface area (Å²) in [6, 6.07) is 12.0. The van der Waals surface area contributed by atoms with Crippen LogP contribution in [-0.2, 0) is 22.9 Å². The molecule has 3 aromatic rings. The first-order chi connectivity index (χ1) is 17.2. The molecule has 2 aliphatic rings. The number of rotatable bonds is 5. The van der Waals surface area contributed by atoms with E-state index < -0.39 is 17.6 Å². The Morgan fingerprint density at radius 2 is 1.97 bits per heavy atom. The van der Waals surface area contributed by atoms with E-state index in [1.54, 1.807) is 12.0 Å². The molecule has 1 spiro atoms. The van der Waals surface area contributed by atoms with Crippen molar-refractivity contribution in [3.63, 3.8) is 0 Å². The first kappa shape index (κ1) is 24.1. The molecule has 8 nitrogen and oxygen atoms in total. The highest BCUT2D eigenvalue weighted by molar-refractivity contribution is 5.75. The van der Waals surface area contributed by atoms with Gasteiger partial charge in [-0.05, 0) is 30.5 Å². The molecule has 2 amide bonds. The van der Waals surface area contributed by atoms with Gasteiger partial charge in [0.1, 0.15) is 5.82 Å². The number of urea groups is 1. The number of likely N-dealkylation sites (tertiary alicyclic amines) is 1. The summed E-state index contributed by atoms with van der Waals surface area (Å²) in [5.41, 5.74) is 6.73. The summed E-state index contributed by atoms with van der Waals surface area (Å²) in [5.74, 6) is -0.561. The number of halogens is 3. The average molecular weight is 501 g/mol. The molecule has 1 aromatic carbocycles. The maximum absolute atomic E-state index is 13.3. The predicted molar refractivity (Wildman–Crippen MR) is 127 cm³/mol. The SMILES string of the molecule is COC[C@@H](NC(=O)N1CCC2(CCn3nc(-c4cnc(N)c(C(F)(F)F)c4)cc32)C1)c1ccccc1. The van der Waals surface area contributed by atoms with Crippen molar-refractivity contribution in [2.24, 2.45) is 0 Å². The second-order valence-corrected chi connectivity index (χ2v) is 9.36. The Morgan fingerprint density at radius 1 is 1.22 bits per heavy atom. The lowest BCUT2D eigenvalue weighted by Crippen LogP contribution is -2.43. The second-order valence-electron chi connectivity index (χ2n) is 9.36. The second kappa shape index (κ2) is 9.12. The van der Waals surface area contributed by atoms with Gasteiger partial charge < -0.3 is 20.7 Å². The number of alkyl halides is 3. The van der Waals surface area contributed by atoms with Crippen LogP contribution in [0.1, 0.15) is 35.7 Å². The average Bonchev–Trinajstić information content (AvgIpc) is 3.56. The maximum atomic E-state index is 13.3. The van der Waals surface area contributed by atoms with Crippen molar-refractivity contribution >= 4 is 11.8 Å². The number of methoxy groups -OCH3 is 1. The number of anilines is 1. The molecule has 0 aliphatic carbocycles. The van der Waals surface area contributed by atoms with E-state index in [0.717, 1.165) is 30.2 Å². The standard InChI is InChI=1S/C25H27F3N6O2/c1-36-14-20(16-5-3-2-4-6-16)31-23(35)33-9-7-24(15-33)8-10-34-21(24)12-19(32-34)17-11-18(25(26,27)28)22(29)30-13-17/h2-6,11-13,20H,7-10,14-15H2,1H3,(H2,29,30)(H,31,35)/t20-,24?/m1/s1. The molecule has 2 aromatic heterocycles. The van der Waals surface area contributed by atoms with Crippen LogP contribution in [0.2, 0.25) is 0 Å². The zero-order chi connectivity index (χ0) is 25.5. The number of aryl methyl sites for hydroxylation is 1. The number of benzene rings is 1. The van der Waals surface area contributed by atoms with Gasteiger partial charge in [0.15, 0.2) is 0 Å². The highest BCUT2D eigenvalue weighted by Crippen LogP contribution is 2.44. The van der Waals surface area contributed by atoms with Crippen LogP contribution in [0.5, 0.6) is 0 Å². The lowest BCUT2D eigenvalue weighted by Gasteiger charge is -2.26. The lowest BCUT2D eigenvalue weighted by atomic mass is 9.82. The van der Waals surface area contributed by atoms with Crippen LogP contribution in [0.15, 0.2) is 48.7 Å². The van der Waals surface area contributed by atoms with Gasteiger partial charge in [0.05, 0.1) is 23.9 Å². The largest absolute Gasteiger partial charge is 0.419 e. The van der Waals surface area contributed by atoms with Crippen molar-refractivity contribution in [3.05, 3.63) is 65.5 Å². The number of ether oxygens (including phenoxy) is 1. The number of nitrogen functional groups attached to an aromatic ring is 1. The minimum absolute atomic E-state index is 0.173. The van der Waals surface area contributed by atoms with Crippen molar-refractivity contribution in [3.8, 4) is 11.3 Å². The maximum Gasteiger partial charge on any atom is 0.419 e. The molecule has 2 atom stereocenters. The number of carbonyl (C=O) groups is 1. The summed E-state index contributed by atoms with van der Waals surface area (Å²) < 4.78 is 47.1. The number of hydrogen-bond acceptors (Lipinski definition) is 5. The Balaban J connectivity index is 1.34. The fraction of sp³-hybridized carbons (Fsp3) is 0.400. The molecular weight excluding hydrogens is 473 g/mol. The third-order valence-corrected chi connectivity index (χ3v) is 7.12. The Morgan fingerprint density at radius 3 is 2.69 bits per heavy atom. The van der Waals surface area contributed by atoms with E-state index in [1.165, 1.54) is 6.20 Å². The van der Waals surface area contributed by atoms with E-state index in [-0.39, 0.29) is 23.1 Å². The molecule has 36 heavy (non-hydrogen) atoms. The summed E-state index contributed by atoms with van der Waals surface area (Å²) in [6.07, 6.45) is -1.73. The number of nitrogens with two attached hydrogens (primary N) is 1. The highest BCUT2D eigenvalue weighted by Gasteiger charge is 2.47. The number of carbonyl (C=O) groups excluding carboxylic acids is 1. The van der Waals surface area contributed by atoms with Gasteiger partial charge in [-0.1, -0.05) is 30.3 Å². The monoisotopic (exact) mass is 500 g/mol. The third-order valence-electron chi connectivity index (χ3n) is 7.12. The predicted octanol–water partition coefficient (Wildman–Crippen LogP) is 3.99. The number of hydrogen-bond donors (Lipinski definition) is 2. The van der Waals surface area contributed by atoms with Gasteiger partial charge in [0, 0.05) is 49.6 Å². The van der Waals surface area contributed by atoms with Crippen LogP contribution in [0.3, 0.4) is 0 Å². The fourth-order valence-electron chi connectivity index (χ4n) is 5.22. The normalized spacial score (nSPS) is 20.1. The summed E-state index contributed by atoms with van der Waals surface area (Å²) in [7, 11) is 1.60. The summed E-state index contributed by atoms with van der Waals surface area (Å²) in [4.78, 5) is 18.7. The number of nitrogens with zero attached hydrogens (tertiary/aromatic N) is 4. The molecular formula is C25H27F3N6O2. The molecule has 1 saturated heterocycles. The van der Waals surface area contributed by atoms with E-state index in [9.17, 15) is 18.0 Å². The Labute approximate surface area is 206 Å². The number of nitrogens with one attached hydrogen (secondary N) is 1. The Hall–Kier alpha value is -3.60. The Bertz CT molecular complexity index is 1260. The summed E-state index contributed by atoms with van der Waals surface area (Å²) in [6.45, 7) is 2.06. The number of aromatic nitrogens is 3. The highest BCUT2D eigenvalue weighted by atomic mass is 19.4. The van der Waals surface area contributed by atoms with E-state index >= 15 is 0 Å². The van der Waals surface area contributed by atoms with Gasteiger partial charge in [-0.3, -0.25) is 4.68 Å². The van der Waals surface area contributed by atoms with Crippen molar-refractivity contribution in [1.29, 1.82) is 0 Å². The molecule has 4 heterocycles. The van der Waals surface area contributed by atoms with Crippen molar-refractivity contribution in [2.75, 3.05) is 32.5 Å². The zero-order valence-electron chi connectivity index (χ0n) is 19.8. The van der Waals surface area contributed by atoms with E-state index in [1.807, 2.05) is 41.1 Å². The molecule has 3 N–H and O–H groups in total. The minimum atomic E-state index is -4.60. The van der Waals surface area contributed by atoms with E-state index in [0.29, 0.717) is 31.9 Å². The molecule has 5 rings (SSSR count). The number of pyridine rings is 1. The van der Waals surface area contributed by atoms with E-state index in [2.05, 4.69) is 15.4 Å². The van der Waals surface area contributed by atoms with Crippen LogP contribution in [0.4, 0.5) is 23.8 Å². The van der Waals surface area contributed by atoms with Crippen LogP contribution in [0.25, 0.3) is 11.3 Å². The van der Waals surface area contributed by atoms with Gasteiger partial charge in [-0.25, -0.2) is 9.78 Å².